The van der Waals surface area contributed by atoms with Gasteiger partial charge in [0.05, 0.1) is 22.3 Å². The normalized spacial score (nSPS) is 11.7. The molecule has 0 unspecified atom stereocenters. The molecule has 4 N–H and O–H groups in total. The van der Waals surface area contributed by atoms with Gasteiger partial charge in [-0.2, -0.15) is 0 Å². The average molecular weight is 313 g/mol. The monoisotopic (exact) mass is 313 g/mol. The molecule has 0 aliphatic heterocycles. The fraction of sp³-hybridized carbons (Fsp3) is 0.182. The fourth-order valence-electron chi connectivity index (χ4n) is 1.94. The number of aromatic amines is 1. The Morgan fingerprint density at radius 3 is 2.57 bits per heavy atom. The van der Waals surface area contributed by atoms with Crippen molar-refractivity contribution in [1.29, 1.82) is 0 Å². The molecule has 2 aromatic rings. The van der Waals surface area contributed by atoms with Gasteiger partial charge in [0.25, 0.3) is 0 Å². The summed E-state index contributed by atoms with van der Waals surface area (Å²) >= 11 is 0. The first-order chi connectivity index (χ1) is 9.70. The lowest BCUT2D eigenvalue weighted by Gasteiger charge is -2.11. The van der Waals surface area contributed by atoms with Crippen LogP contribution in [0, 0.1) is 0 Å². The lowest BCUT2D eigenvalue weighted by molar-refractivity contribution is 0.0698. The molecule has 0 amide bonds. The molecule has 0 bridgehead atoms. The summed E-state index contributed by atoms with van der Waals surface area (Å²) in [5.41, 5.74) is -2.18. The number of hydrogen-bond acceptors (Lipinski definition) is 5. The summed E-state index contributed by atoms with van der Waals surface area (Å²) < 4.78 is 22.8. The van der Waals surface area contributed by atoms with Crippen LogP contribution in [-0.4, -0.2) is 34.8 Å². The van der Waals surface area contributed by atoms with E-state index in [-0.39, 0.29) is 16.6 Å². The van der Waals surface area contributed by atoms with Crippen LogP contribution in [0.1, 0.15) is 10.4 Å². The van der Waals surface area contributed by atoms with E-state index in [1.807, 2.05) is 0 Å². The van der Waals surface area contributed by atoms with E-state index in [4.69, 9.17) is 10.2 Å². The van der Waals surface area contributed by atoms with Crippen molar-refractivity contribution in [1.82, 2.24) is 9.55 Å². The number of benzene rings is 1. The third-order valence-corrected chi connectivity index (χ3v) is 3.57. The Hall–Kier alpha value is -2.46. The number of nitrogens with one attached hydrogen (secondary N) is 1. The van der Waals surface area contributed by atoms with E-state index in [9.17, 15) is 22.8 Å². The summed E-state index contributed by atoms with van der Waals surface area (Å²) in [5.74, 6) is -1.91. The first kappa shape index (κ1) is 14.9. The molecule has 21 heavy (non-hydrogen) atoms. The van der Waals surface area contributed by atoms with Crippen LogP contribution in [0.2, 0.25) is 0 Å². The first-order valence-corrected chi connectivity index (χ1v) is 7.42. The Morgan fingerprint density at radius 1 is 1.33 bits per heavy atom. The summed E-state index contributed by atoms with van der Waals surface area (Å²) in [4.78, 5) is 36.9. The predicted molar refractivity (Wildman–Crippen MR) is 73.8 cm³/mol. The molecule has 1 aromatic heterocycles. The highest BCUT2D eigenvalue weighted by molar-refractivity contribution is 7.89. The van der Waals surface area contributed by atoms with Crippen molar-refractivity contribution in [3.05, 3.63) is 44.5 Å². The summed E-state index contributed by atoms with van der Waals surface area (Å²) in [6.07, 6.45) is 0. The van der Waals surface area contributed by atoms with Crippen molar-refractivity contribution in [3.8, 4) is 0 Å². The zero-order valence-corrected chi connectivity index (χ0v) is 11.4. The predicted octanol–water partition coefficient (Wildman–Crippen LogP) is -1.32. The number of carboxylic acids is 1. The van der Waals surface area contributed by atoms with E-state index >= 15 is 0 Å². The Bertz CT molecular complexity index is 941. The summed E-state index contributed by atoms with van der Waals surface area (Å²) in [5, 5.41) is 14.0. The maximum Gasteiger partial charge on any atom is 0.337 e. The second-order valence-corrected chi connectivity index (χ2v) is 6.02. The first-order valence-electron chi connectivity index (χ1n) is 5.70. The zero-order chi connectivity index (χ0) is 15.8. The minimum atomic E-state index is -3.87. The number of aryl methyl sites for hydroxylation is 1. The van der Waals surface area contributed by atoms with Crippen LogP contribution in [0.4, 0.5) is 0 Å². The van der Waals surface area contributed by atoms with Crippen molar-refractivity contribution in [2.75, 3.05) is 5.75 Å². The molecule has 0 fully saturated rings. The third-order valence-electron chi connectivity index (χ3n) is 2.82. The highest BCUT2D eigenvalue weighted by Gasteiger charge is 2.16. The zero-order valence-electron chi connectivity index (χ0n) is 10.6. The van der Waals surface area contributed by atoms with Gasteiger partial charge in [-0.15, -0.1) is 0 Å². The molecule has 1 heterocycles. The van der Waals surface area contributed by atoms with Crippen LogP contribution in [-0.2, 0) is 16.6 Å². The topological polar surface area (TPSA) is 152 Å². The second kappa shape index (κ2) is 5.14. The van der Waals surface area contributed by atoms with Crippen LogP contribution in [0.25, 0.3) is 11.0 Å². The van der Waals surface area contributed by atoms with E-state index in [1.54, 1.807) is 0 Å². The Kier molecular flexibility index (Phi) is 3.66. The SMILES string of the molecule is NS(=O)(=O)CCn1c(=O)c(=O)[nH]c2cccc(C(=O)O)c21. The number of nitrogens with two attached hydrogens (primary N) is 1. The number of primary sulfonamides is 1. The number of carbonyl (C=O) groups is 1. The minimum Gasteiger partial charge on any atom is -0.478 e. The number of nitrogens with zero attached hydrogens (tertiary/aromatic N) is 1. The van der Waals surface area contributed by atoms with Crippen molar-refractivity contribution < 1.29 is 18.3 Å². The average Bonchev–Trinajstić information content (AvgIpc) is 2.37. The van der Waals surface area contributed by atoms with Crippen LogP contribution in [0.15, 0.2) is 27.8 Å². The standard InChI is InChI=1S/C11H11N3O6S/c12-21(19,20)5-4-14-8-6(11(17)18)2-1-3-7(8)13-9(15)10(14)16/h1-3H,4-5H2,(H,13,15)(H,17,18)(H2,12,19,20). The molecular formula is C11H11N3O6S. The van der Waals surface area contributed by atoms with Crippen molar-refractivity contribution >= 4 is 27.0 Å². The fourth-order valence-corrected chi connectivity index (χ4v) is 2.38. The summed E-state index contributed by atoms with van der Waals surface area (Å²) in [6, 6.07) is 4.06. The van der Waals surface area contributed by atoms with Crippen molar-refractivity contribution in [2.45, 2.75) is 6.54 Å². The summed E-state index contributed by atoms with van der Waals surface area (Å²) in [6.45, 7) is -0.414. The van der Waals surface area contributed by atoms with Gasteiger partial charge >= 0.3 is 17.1 Å². The van der Waals surface area contributed by atoms with Gasteiger partial charge in [0.2, 0.25) is 10.0 Å². The molecule has 9 nitrogen and oxygen atoms in total. The number of aromatic carboxylic acids is 1. The maximum atomic E-state index is 11.9. The number of carboxylic acid groups (broad SMARTS) is 1. The molecule has 112 valence electrons. The lowest BCUT2D eigenvalue weighted by Crippen LogP contribution is -2.38. The van der Waals surface area contributed by atoms with Crippen molar-refractivity contribution in [3.63, 3.8) is 0 Å². The smallest absolute Gasteiger partial charge is 0.337 e. The van der Waals surface area contributed by atoms with Gasteiger partial charge in [0.1, 0.15) is 0 Å². The Labute approximate surface area is 117 Å². The molecule has 0 saturated heterocycles. The molecule has 2 rings (SSSR count). The highest BCUT2D eigenvalue weighted by Crippen LogP contribution is 2.14. The lowest BCUT2D eigenvalue weighted by atomic mass is 10.1. The van der Waals surface area contributed by atoms with Crippen LogP contribution < -0.4 is 16.3 Å². The maximum absolute atomic E-state index is 11.9. The number of fused-ring (bicyclic) bond motifs is 1. The molecule has 0 saturated carbocycles. The van der Waals surface area contributed by atoms with Crippen molar-refractivity contribution in [2.24, 2.45) is 5.14 Å². The van der Waals surface area contributed by atoms with Gasteiger partial charge < -0.3 is 14.7 Å². The number of para-hydroxylation sites is 1. The highest BCUT2D eigenvalue weighted by atomic mass is 32.2. The molecule has 0 atom stereocenters. The number of hydrogen-bond donors (Lipinski definition) is 3. The molecule has 0 spiro atoms. The number of aromatic nitrogens is 2. The minimum absolute atomic E-state index is 0.0572. The molecule has 0 aliphatic rings. The molecule has 0 radical (unpaired) electrons. The van der Waals surface area contributed by atoms with E-state index in [1.165, 1.54) is 18.2 Å². The number of H-pyrrole nitrogens is 1. The molecule has 0 aliphatic carbocycles. The van der Waals surface area contributed by atoms with Crippen LogP contribution in [0.3, 0.4) is 0 Å². The second-order valence-electron chi connectivity index (χ2n) is 4.28. The molecule has 1 aromatic carbocycles. The van der Waals surface area contributed by atoms with Gasteiger partial charge in [0, 0.05) is 6.54 Å². The van der Waals surface area contributed by atoms with Gasteiger partial charge in [0.15, 0.2) is 0 Å². The van der Waals surface area contributed by atoms with E-state index < -0.39 is 39.4 Å². The quantitative estimate of drug-likeness (QED) is 0.595. The largest absolute Gasteiger partial charge is 0.478 e. The van der Waals surface area contributed by atoms with Crippen LogP contribution in [0.5, 0.6) is 0 Å². The third kappa shape index (κ3) is 3.01. The van der Waals surface area contributed by atoms with Gasteiger partial charge in [-0.05, 0) is 12.1 Å². The van der Waals surface area contributed by atoms with E-state index in [0.29, 0.717) is 0 Å². The number of rotatable bonds is 4. The summed E-state index contributed by atoms with van der Waals surface area (Å²) in [7, 11) is -3.87. The molecule has 10 heteroatoms. The molecular weight excluding hydrogens is 302 g/mol. The van der Waals surface area contributed by atoms with Gasteiger partial charge in [-0.3, -0.25) is 9.59 Å². The number of sulfonamides is 1. The van der Waals surface area contributed by atoms with E-state index in [2.05, 4.69) is 4.98 Å². The van der Waals surface area contributed by atoms with E-state index in [0.717, 1.165) is 4.57 Å². The Balaban J connectivity index is 2.82. The van der Waals surface area contributed by atoms with Gasteiger partial charge in [-0.25, -0.2) is 18.4 Å². The van der Waals surface area contributed by atoms with Gasteiger partial charge in [-0.1, -0.05) is 6.07 Å². The Morgan fingerprint density at radius 2 is 2.00 bits per heavy atom. The van der Waals surface area contributed by atoms with Crippen LogP contribution >= 0.6 is 0 Å².